The normalized spacial score (nSPS) is 32.4. The predicted molar refractivity (Wildman–Crippen MR) is 250 cm³/mol. The van der Waals surface area contributed by atoms with Crippen LogP contribution >= 0.6 is 0 Å². The molecule has 67 heavy (non-hydrogen) atoms. The van der Waals surface area contributed by atoms with Gasteiger partial charge in [-0.2, -0.15) is 0 Å². The molecule has 4 saturated carbocycles. The van der Waals surface area contributed by atoms with Crippen LogP contribution in [0.4, 0.5) is 10.5 Å². The van der Waals surface area contributed by atoms with Gasteiger partial charge in [0.05, 0.1) is 37.8 Å². The second-order valence-corrected chi connectivity index (χ2v) is 22.1. The third kappa shape index (κ3) is 9.68. The van der Waals surface area contributed by atoms with Gasteiger partial charge < -0.3 is 39.4 Å². The number of sulfonamides is 1. The Labute approximate surface area is 391 Å². The first-order valence-corrected chi connectivity index (χ1v) is 25.7. The summed E-state index contributed by atoms with van der Waals surface area (Å²) < 4.78 is 52.3. The van der Waals surface area contributed by atoms with Crippen LogP contribution in [0.25, 0.3) is 22.0 Å². The third-order valence-electron chi connectivity index (χ3n) is 15.2. The molecule has 16 nitrogen and oxygen atoms in total. The van der Waals surface area contributed by atoms with Crippen molar-refractivity contribution in [3.05, 3.63) is 60.7 Å². The molecule has 10 rings (SSSR count). The molecular weight excluding hydrogens is 877 g/mol. The van der Waals surface area contributed by atoms with E-state index in [1.165, 1.54) is 11.3 Å². The molecule has 2 saturated heterocycles. The maximum Gasteiger partial charge on any atom is 0.408 e. The fourth-order valence-electron chi connectivity index (χ4n) is 11.0. The minimum Gasteiger partial charge on any atom is -0.497 e. The van der Waals surface area contributed by atoms with Crippen LogP contribution in [0.1, 0.15) is 78.1 Å². The van der Waals surface area contributed by atoms with Crippen molar-refractivity contribution >= 4 is 50.3 Å². The van der Waals surface area contributed by atoms with Gasteiger partial charge in [-0.25, -0.2) is 18.2 Å². The molecule has 0 radical (unpaired) electrons. The number of methoxy groups -OCH3 is 1. The number of ether oxygens (including phenoxy) is 4. The summed E-state index contributed by atoms with van der Waals surface area (Å²) in [5.74, 6) is -0.378. The van der Waals surface area contributed by atoms with Gasteiger partial charge in [0.25, 0.3) is 5.91 Å². The zero-order chi connectivity index (χ0) is 46.6. The highest BCUT2D eigenvalue weighted by molar-refractivity contribution is 7.91. The van der Waals surface area contributed by atoms with Gasteiger partial charge in [0, 0.05) is 42.1 Å². The number of amides is 4. The molecule has 0 bridgehead atoms. The second-order valence-electron chi connectivity index (χ2n) is 20.2. The molecule has 7 aliphatic rings. The number of morpholine rings is 1. The number of alkyl carbamates (subject to hydrolysis) is 1. The topological polar surface area (TPSA) is 195 Å². The Morgan fingerprint density at radius 1 is 0.925 bits per heavy atom. The smallest absolute Gasteiger partial charge is 0.408 e. The number of benzene rings is 2. The summed E-state index contributed by atoms with van der Waals surface area (Å²) >= 11 is 0. The van der Waals surface area contributed by atoms with Gasteiger partial charge in [-0.05, 0) is 123 Å². The third-order valence-corrected chi connectivity index (χ3v) is 17.0. The van der Waals surface area contributed by atoms with Crippen LogP contribution in [0.15, 0.2) is 60.7 Å². The van der Waals surface area contributed by atoms with Crippen molar-refractivity contribution < 1.29 is 46.5 Å². The van der Waals surface area contributed by atoms with Crippen LogP contribution in [-0.2, 0) is 33.9 Å². The van der Waals surface area contributed by atoms with Crippen LogP contribution in [-0.4, -0.2) is 117 Å². The lowest BCUT2D eigenvalue weighted by Gasteiger charge is -2.33. The molecule has 0 spiro atoms. The molecule has 6 fully saturated rings. The molecule has 1 unspecified atom stereocenters. The number of hydrogen-bond donors (Lipinski definition) is 3. The van der Waals surface area contributed by atoms with E-state index in [0.717, 1.165) is 49.0 Å². The Balaban J connectivity index is 0.973. The molecule has 17 heteroatoms. The first-order chi connectivity index (χ1) is 32.3. The van der Waals surface area contributed by atoms with Gasteiger partial charge in [-0.3, -0.25) is 19.1 Å². The summed E-state index contributed by atoms with van der Waals surface area (Å²) in [5.41, 5.74) is 1.06. The van der Waals surface area contributed by atoms with E-state index in [0.29, 0.717) is 73.4 Å². The molecule has 3 N–H and O–H groups in total. The number of rotatable bonds is 10. The zero-order valence-electron chi connectivity index (χ0n) is 38.5. The van der Waals surface area contributed by atoms with Gasteiger partial charge >= 0.3 is 6.09 Å². The standard InChI is InChI=1S/C50H62N6O10S/c1-29-6-4-5-7-35-27-50(35,48(59)54-67(61,62)40-13-14-40)53-45(57)43-26-39(28-56(43)47(58)44(30(2)20-29)52-49(60)66-38-22-32-21-33(32)23-38)65-46-41-15-12-37(63-3)24-34(41)25-42(51-46)31-8-10-36(11-9-31)55-16-18-64-19-17-55/h5,7-12,15,24-25,29-30,32-33,35,38-40,43-44H,4,6,13-14,16-23,26-28H2,1-3H3,(H,52,60)(H,53,57)(H,54,59)/b7-5-/t29-,30+,32-,33+,35+,38?,39+,43-,44-,50+/m0/s1. The first kappa shape index (κ1) is 45.4. The largest absolute Gasteiger partial charge is 0.497 e. The van der Waals surface area contributed by atoms with E-state index in [9.17, 15) is 22.8 Å². The highest BCUT2D eigenvalue weighted by atomic mass is 32.2. The summed E-state index contributed by atoms with van der Waals surface area (Å²) in [6.45, 7) is 6.97. The molecular formula is C50H62N6O10S. The lowest BCUT2D eigenvalue weighted by Crippen LogP contribution is -2.59. The Hall–Kier alpha value is -5.42. The molecule has 4 aliphatic carbocycles. The summed E-state index contributed by atoms with van der Waals surface area (Å²) in [7, 11) is -2.32. The van der Waals surface area contributed by atoms with Gasteiger partial charge in [-0.15, -0.1) is 0 Å². The number of carbonyl (C=O) groups is 4. The molecule has 358 valence electrons. The van der Waals surface area contributed by atoms with E-state index in [4.69, 9.17) is 23.9 Å². The summed E-state index contributed by atoms with van der Waals surface area (Å²) in [4.78, 5) is 66.5. The van der Waals surface area contributed by atoms with Gasteiger partial charge in [0.2, 0.25) is 27.7 Å². The molecule has 10 atom stereocenters. The first-order valence-electron chi connectivity index (χ1n) is 24.2. The van der Waals surface area contributed by atoms with Crippen molar-refractivity contribution in [3.63, 3.8) is 0 Å². The average Bonchev–Trinajstić information content (AvgIpc) is 4.28. The van der Waals surface area contributed by atoms with Crippen LogP contribution in [0.3, 0.4) is 0 Å². The molecule has 1 aromatic heterocycles. The lowest BCUT2D eigenvalue weighted by molar-refractivity contribution is -0.142. The van der Waals surface area contributed by atoms with Crippen LogP contribution in [0.2, 0.25) is 0 Å². The van der Waals surface area contributed by atoms with E-state index in [-0.39, 0.29) is 37.3 Å². The van der Waals surface area contributed by atoms with Gasteiger partial charge in [0.15, 0.2) is 0 Å². The monoisotopic (exact) mass is 938 g/mol. The summed E-state index contributed by atoms with van der Waals surface area (Å²) in [5, 5.41) is 6.77. The molecule has 2 aromatic carbocycles. The number of fused-ring (bicyclic) bond motifs is 4. The average molecular weight is 939 g/mol. The predicted octanol–water partition coefficient (Wildman–Crippen LogP) is 5.48. The van der Waals surface area contributed by atoms with Gasteiger partial charge in [0.1, 0.15) is 35.6 Å². The number of allylic oxidation sites excluding steroid dienone is 1. The Morgan fingerprint density at radius 3 is 2.42 bits per heavy atom. The van der Waals surface area contributed by atoms with Crippen molar-refractivity contribution in [1.82, 2.24) is 25.2 Å². The number of hydrogen-bond acceptors (Lipinski definition) is 12. The Kier molecular flexibility index (Phi) is 12.4. The van der Waals surface area contributed by atoms with E-state index in [2.05, 4.69) is 39.3 Å². The second kappa shape index (κ2) is 18.2. The molecule has 4 amide bonds. The van der Waals surface area contributed by atoms with E-state index >= 15 is 4.79 Å². The number of pyridine rings is 1. The Bertz CT molecular complexity index is 2540. The van der Waals surface area contributed by atoms with E-state index in [1.807, 2.05) is 55.5 Å². The quantitative estimate of drug-likeness (QED) is 0.217. The fourth-order valence-corrected chi connectivity index (χ4v) is 12.3. The summed E-state index contributed by atoms with van der Waals surface area (Å²) in [6, 6.07) is 13.6. The van der Waals surface area contributed by atoms with E-state index < -0.39 is 68.7 Å². The number of carbonyl (C=O) groups excluding carboxylic acids is 4. The van der Waals surface area contributed by atoms with Crippen molar-refractivity contribution in [2.24, 2.45) is 29.6 Å². The van der Waals surface area contributed by atoms with Crippen LogP contribution in [0.5, 0.6) is 11.6 Å². The van der Waals surface area contributed by atoms with Gasteiger partial charge in [-0.1, -0.05) is 38.1 Å². The minimum absolute atomic E-state index is 0.0285. The lowest BCUT2D eigenvalue weighted by atomic mass is 9.88. The van der Waals surface area contributed by atoms with Crippen LogP contribution in [0, 0.1) is 29.6 Å². The maximum absolute atomic E-state index is 15.2. The number of nitrogens with zero attached hydrogens (tertiary/aromatic N) is 3. The zero-order valence-corrected chi connectivity index (χ0v) is 39.3. The molecule has 3 aromatic rings. The number of nitrogens with one attached hydrogen (secondary N) is 3. The van der Waals surface area contributed by atoms with Crippen LogP contribution < -0.4 is 29.7 Å². The van der Waals surface area contributed by atoms with Crippen molar-refractivity contribution in [2.75, 3.05) is 44.9 Å². The highest BCUT2D eigenvalue weighted by Crippen LogP contribution is 2.52. The number of anilines is 1. The summed E-state index contributed by atoms with van der Waals surface area (Å²) in [6.07, 6.45) is 8.29. The van der Waals surface area contributed by atoms with Crippen molar-refractivity contribution in [3.8, 4) is 22.9 Å². The minimum atomic E-state index is -3.93. The highest BCUT2D eigenvalue weighted by Gasteiger charge is 2.62. The number of aromatic nitrogens is 1. The SMILES string of the molecule is COc1ccc2c(O[C@@H]3C[C@H]4C(=O)N[C@]5(C(=O)NS(=O)(=O)C6CC6)C[C@H]5/C=C\CC[C@H](C)C[C@@H](C)[C@H](NC(=O)OC5C[C@@H]6C[C@@H]6C5)C(=O)N4C3)nc(-c3ccc(N4CCOCC4)cc3)cc2c1. The maximum atomic E-state index is 15.2. The molecule has 4 heterocycles. The van der Waals surface area contributed by atoms with Crippen molar-refractivity contribution in [2.45, 2.75) is 113 Å². The Morgan fingerprint density at radius 2 is 1.69 bits per heavy atom. The van der Waals surface area contributed by atoms with Crippen molar-refractivity contribution in [1.29, 1.82) is 0 Å². The molecule has 3 aliphatic heterocycles. The fraction of sp³-hybridized carbons (Fsp3) is 0.580. The van der Waals surface area contributed by atoms with E-state index in [1.54, 1.807) is 7.11 Å².